The molecule has 5 atom stereocenters. The molecule has 2 amide bonds. The number of aryl methyl sites for hydroxylation is 3. The highest BCUT2D eigenvalue weighted by Crippen LogP contribution is 2.47. The Morgan fingerprint density at radius 3 is 2.62 bits per heavy atom. The van der Waals surface area contributed by atoms with Crippen LogP contribution in [0.2, 0.25) is 5.02 Å². The molecule has 1 aromatic heterocycles. The minimum Gasteiger partial charge on any atom is -0.483 e. The van der Waals surface area contributed by atoms with Crippen LogP contribution in [0.5, 0.6) is 5.75 Å². The van der Waals surface area contributed by atoms with Crippen molar-refractivity contribution in [1.82, 2.24) is 14.5 Å². The van der Waals surface area contributed by atoms with Crippen molar-refractivity contribution in [3.8, 4) is 5.75 Å². The Morgan fingerprint density at radius 1 is 1.08 bits per heavy atom. The van der Waals surface area contributed by atoms with Crippen molar-refractivity contribution in [2.24, 2.45) is 29.2 Å². The van der Waals surface area contributed by atoms with E-state index in [0.29, 0.717) is 35.2 Å². The molecule has 13 heteroatoms. The number of halogens is 1. The van der Waals surface area contributed by atoms with E-state index in [1.165, 1.54) is 24.7 Å². The second kappa shape index (κ2) is 13.3. The zero-order valence-corrected chi connectivity index (χ0v) is 30.3. The monoisotopic (exact) mass is 719 g/mol. The number of anilines is 1. The maximum absolute atomic E-state index is 15.1. The molecule has 2 aliphatic carbocycles. The highest BCUT2D eigenvalue weighted by molar-refractivity contribution is 7.92. The predicted octanol–water partition coefficient (Wildman–Crippen LogP) is 5.93. The van der Waals surface area contributed by atoms with Gasteiger partial charge in [0.25, 0.3) is 11.8 Å². The molecule has 1 N–H and O–H groups in total. The largest absolute Gasteiger partial charge is 0.483 e. The van der Waals surface area contributed by atoms with Crippen LogP contribution in [0.25, 0.3) is 0 Å². The van der Waals surface area contributed by atoms with E-state index >= 15 is 4.21 Å². The summed E-state index contributed by atoms with van der Waals surface area (Å²) in [4.78, 5) is 43.1. The van der Waals surface area contributed by atoms with Gasteiger partial charge in [0.15, 0.2) is 15.7 Å². The SMILES string of the molecule is Cc1nn(C)cc1C(=O)NS1(=O)=NC(=O)C(C)(C)OC/C=C/C(=O)[C@@H]2CC[C@H]2CN2C[C@H]3CCCc4cc(Cl)ccc4C3Oc3ccc1cc32. The number of amides is 2. The summed E-state index contributed by atoms with van der Waals surface area (Å²) >= 11 is 6.41. The minimum atomic E-state index is -3.92. The smallest absolute Gasteiger partial charge is 0.287 e. The van der Waals surface area contributed by atoms with Crippen molar-refractivity contribution in [2.45, 2.75) is 69.5 Å². The molecule has 264 valence electrons. The summed E-state index contributed by atoms with van der Waals surface area (Å²) in [5.41, 5.74) is 2.08. The normalized spacial score (nSPS) is 28.3. The van der Waals surface area contributed by atoms with Crippen molar-refractivity contribution in [3.05, 3.63) is 82.2 Å². The molecule has 0 radical (unpaired) electrons. The van der Waals surface area contributed by atoms with Crippen LogP contribution in [0.1, 0.15) is 72.8 Å². The molecule has 1 fully saturated rings. The first kappa shape index (κ1) is 34.4. The molecule has 0 spiro atoms. The summed E-state index contributed by atoms with van der Waals surface area (Å²) in [6.45, 7) is 5.93. The highest BCUT2D eigenvalue weighted by atomic mass is 35.5. The Bertz CT molecular complexity index is 2030. The minimum absolute atomic E-state index is 0.0160. The number of hydrogen-bond donors (Lipinski definition) is 1. The average molecular weight is 720 g/mol. The molecule has 0 saturated heterocycles. The maximum atomic E-state index is 15.1. The molecule has 2 bridgehead atoms. The van der Waals surface area contributed by atoms with Crippen LogP contribution in [0.15, 0.2) is 64.0 Å². The van der Waals surface area contributed by atoms with E-state index in [0.717, 1.165) is 43.2 Å². The molecule has 1 saturated carbocycles. The van der Waals surface area contributed by atoms with Gasteiger partial charge in [-0.15, -0.1) is 4.36 Å². The third-order valence-corrected chi connectivity index (χ3v) is 12.4. The van der Waals surface area contributed by atoms with Gasteiger partial charge in [0.1, 0.15) is 17.5 Å². The fraction of sp³-hybridized carbons (Fsp3) is 0.459. The maximum Gasteiger partial charge on any atom is 0.287 e. The predicted molar refractivity (Wildman–Crippen MR) is 190 cm³/mol. The van der Waals surface area contributed by atoms with E-state index in [2.05, 4.69) is 25.1 Å². The van der Waals surface area contributed by atoms with E-state index in [4.69, 9.17) is 21.1 Å². The third-order valence-electron chi connectivity index (χ3n) is 10.4. The number of ether oxygens (including phenoxy) is 2. The van der Waals surface area contributed by atoms with Crippen LogP contribution in [-0.4, -0.2) is 56.9 Å². The summed E-state index contributed by atoms with van der Waals surface area (Å²) in [5, 5.41) is 4.94. The molecule has 3 aromatic rings. The van der Waals surface area contributed by atoms with Gasteiger partial charge in [-0.1, -0.05) is 23.7 Å². The van der Waals surface area contributed by atoms with Crippen LogP contribution >= 0.6 is 11.6 Å². The zero-order valence-electron chi connectivity index (χ0n) is 28.7. The summed E-state index contributed by atoms with van der Waals surface area (Å²) in [6.07, 6.45) is 8.91. The lowest BCUT2D eigenvalue weighted by Gasteiger charge is -2.40. The Kier molecular flexibility index (Phi) is 9.15. The van der Waals surface area contributed by atoms with Gasteiger partial charge in [-0.25, -0.2) is 4.21 Å². The van der Waals surface area contributed by atoms with Crippen LogP contribution < -0.4 is 14.4 Å². The molecule has 3 heterocycles. The lowest BCUT2D eigenvalue weighted by molar-refractivity contribution is -0.137. The molecule has 50 heavy (non-hydrogen) atoms. The van der Waals surface area contributed by atoms with Crippen molar-refractivity contribution < 1.29 is 28.1 Å². The standard InChI is InChI=1S/C37H42ClN5O6S/c1-22-30(21-42(4)39-22)35(45)40-50(47)27-12-15-33-31(18-27)43(20-25-8-5-7-23-17-26(38)11-14-29(23)34(25)49-33)19-24-10-13-28(24)32(44)9-6-16-48-37(2,3)36(46)41-50/h6,9,11-12,14-15,17-18,21,24-25,28,34H,5,7-8,10,13,16,19-20H2,1-4H3,(H,40,41,45,46,47)/b9-6+/t24-,25+,28+,34?,50?/m0/s1. The Labute approximate surface area is 297 Å². The molecule has 2 unspecified atom stereocenters. The van der Waals surface area contributed by atoms with Crippen molar-refractivity contribution >= 4 is 44.8 Å². The van der Waals surface area contributed by atoms with Crippen LogP contribution in [-0.2, 0) is 37.7 Å². The number of allylic oxidation sites excluding steroid dienone is 1. The number of aromatic nitrogens is 2. The van der Waals surface area contributed by atoms with Crippen molar-refractivity contribution in [3.63, 3.8) is 0 Å². The van der Waals surface area contributed by atoms with Crippen molar-refractivity contribution in [1.29, 1.82) is 0 Å². The summed E-state index contributed by atoms with van der Waals surface area (Å²) in [5.74, 6) is -0.791. The number of carbonyl (C=O) groups excluding carboxylic acids is 3. The average Bonchev–Trinajstić information content (AvgIpc) is 3.20. The number of carbonyl (C=O) groups is 3. The van der Waals surface area contributed by atoms with Gasteiger partial charge < -0.3 is 14.4 Å². The first-order valence-corrected chi connectivity index (χ1v) is 19.0. The molecule has 2 aliphatic heterocycles. The van der Waals surface area contributed by atoms with Crippen LogP contribution in [0.3, 0.4) is 0 Å². The van der Waals surface area contributed by atoms with E-state index in [1.54, 1.807) is 44.3 Å². The van der Waals surface area contributed by atoms with Gasteiger partial charge in [-0.05, 0) is 106 Å². The molecule has 2 aromatic carbocycles. The van der Waals surface area contributed by atoms with Crippen LogP contribution in [0.4, 0.5) is 5.69 Å². The fourth-order valence-electron chi connectivity index (χ4n) is 7.50. The van der Waals surface area contributed by atoms with Crippen LogP contribution in [0, 0.1) is 24.7 Å². The molecule has 11 nitrogen and oxygen atoms in total. The first-order chi connectivity index (χ1) is 23.8. The van der Waals surface area contributed by atoms with Gasteiger partial charge in [-0.2, -0.15) is 5.10 Å². The summed E-state index contributed by atoms with van der Waals surface area (Å²) in [7, 11) is -2.23. The number of nitrogens with zero attached hydrogens (tertiary/aromatic N) is 4. The van der Waals surface area contributed by atoms with E-state index in [9.17, 15) is 14.4 Å². The topological polar surface area (TPSA) is 132 Å². The number of hydrogen-bond acceptors (Lipinski definition) is 8. The summed E-state index contributed by atoms with van der Waals surface area (Å²) in [6, 6.07) is 11.0. The number of fused-ring (bicyclic) bond motifs is 5. The lowest BCUT2D eigenvalue weighted by atomic mass is 9.71. The number of rotatable bonds is 2. The molecule has 4 aliphatic rings. The first-order valence-electron chi connectivity index (χ1n) is 17.1. The number of benzene rings is 2. The van der Waals surface area contributed by atoms with Gasteiger partial charge >= 0.3 is 0 Å². The fourth-order valence-corrected chi connectivity index (χ4v) is 9.30. The van der Waals surface area contributed by atoms with Crippen molar-refractivity contribution in [2.75, 3.05) is 24.6 Å². The molecular weight excluding hydrogens is 678 g/mol. The number of ketones is 1. The number of nitrogens with one attached hydrogen (secondary N) is 1. The van der Waals surface area contributed by atoms with E-state index < -0.39 is 27.3 Å². The Hall–Kier alpha value is -4.00. The Balaban J connectivity index is 1.38. The Morgan fingerprint density at radius 2 is 1.88 bits per heavy atom. The van der Waals surface area contributed by atoms with E-state index in [-0.39, 0.29) is 46.7 Å². The van der Waals surface area contributed by atoms with Gasteiger partial charge in [0, 0.05) is 43.2 Å². The second-order valence-corrected chi connectivity index (χ2v) is 16.6. The quantitative estimate of drug-likeness (QED) is 0.345. The van der Waals surface area contributed by atoms with Gasteiger partial charge in [0.05, 0.1) is 28.4 Å². The molecular formula is C37H42ClN5O6S. The zero-order chi connectivity index (χ0) is 35.4. The lowest BCUT2D eigenvalue weighted by Crippen LogP contribution is -2.43. The third kappa shape index (κ3) is 6.60. The summed E-state index contributed by atoms with van der Waals surface area (Å²) < 4.78 is 36.1. The van der Waals surface area contributed by atoms with Gasteiger partial charge in [0.2, 0.25) is 0 Å². The highest BCUT2D eigenvalue weighted by Gasteiger charge is 2.41. The molecule has 7 rings (SSSR count). The second-order valence-electron chi connectivity index (χ2n) is 14.3. The van der Waals surface area contributed by atoms with E-state index in [1.807, 2.05) is 12.1 Å². The van der Waals surface area contributed by atoms with Gasteiger partial charge in [-0.3, -0.25) is 23.8 Å².